The van der Waals surface area contributed by atoms with Crippen molar-refractivity contribution in [1.82, 2.24) is 13.1 Å². The first-order chi connectivity index (χ1) is 10.4. The Morgan fingerprint density at radius 2 is 1.86 bits per heavy atom. The Labute approximate surface area is 137 Å². The third-order valence-electron chi connectivity index (χ3n) is 3.41. The lowest BCUT2D eigenvalue weighted by Crippen LogP contribution is -2.26. The average molecular weight is 353 g/mol. The van der Waals surface area contributed by atoms with Crippen LogP contribution in [0.1, 0.15) is 15.3 Å². The summed E-state index contributed by atoms with van der Waals surface area (Å²) in [6.07, 6.45) is 0. The molecule has 3 aromatic rings. The molecule has 116 valence electrons. The van der Waals surface area contributed by atoms with Crippen LogP contribution in [0.3, 0.4) is 0 Å². The van der Waals surface area contributed by atoms with E-state index in [0.717, 1.165) is 38.1 Å². The van der Waals surface area contributed by atoms with E-state index in [1.807, 2.05) is 32.0 Å². The van der Waals surface area contributed by atoms with Crippen molar-refractivity contribution in [3.05, 3.63) is 39.6 Å². The van der Waals surface area contributed by atoms with Gasteiger partial charge in [-0.25, -0.2) is 8.42 Å². The first-order valence-electron chi connectivity index (χ1n) is 6.62. The maximum absolute atomic E-state index is 12.7. The molecule has 0 unspecified atom stereocenters. The molecule has 0 aliphatic rings. The summed E-state index contributed by atoms with van der Waals surface area (Å²) in [7, 11) is -1.87. The number of hydrogen-bond donors (Lipinski definition) is 0. The first-order valence-corrected chi connectivity index (χ1v) is 9.61. The summed E-state index contributed by atoms with van der Waals surface area (Å²) in [5, 5.41) is 0. The third-order valence-corrected chi connectivity index (χ3v) is 6.99. The molecule has 3 rings (SSSR count). The second kappa shape index (κ2) is 5.69. The molecule has 0 radical (unpaired) electrons. The molecule has 22 heavy (non-hydrogen) atoms. The standard InChI is InChI=1S/C14H15N3O2S3/c1-9-6-14(10(2)20-9)22(18,19)17(3)8-11-4-5-12-13(7-11)16-21-15-12/h4-7H,8H2,1-3H3. The van der Waals surface area contributed by atoms with E-state index in [4.69, 9.17) is 0 Å². The minimum absolute atomic E-state index is 0.310. The summed E-state index contributed by atoms with van der Waals surface area (Å²) in [5.41, 5.74) is 2.54. The second-order valence-corrected chi connectivity index (χ2v) is 9.13. The van der Waals surface area contributed by atoms with Crippen molar-refractivity contribution in [3.63, 3.8) is 0 Å². The van der Waals surface area contributed by atoms with E-state index >= 15 is 0 Å². The van der Waals surface area contributed by atoms with Crippen molar-refractivity contribution in [3.8, 4) is 0 Å². The largest absolute Gasteiger partial charge is 0.244 e. The van der Waals surface area contributed by atoms with Gasteiger partial charge in [0.25, 0.3) is 0 Å². The second-order valence-electron chi connectivity index (χ2n) is 5.13. The smallest absolute Gasteiger partial charge is 0.207 e. The van der Waals surface area contributed by atoms with Gasteiger partial charge >= 0.3 is 0 Å². The number of fused-ring (bicyclic) bond motifs is 1. The molecule has 0 spiro atoms. The van der Waals surface area contributed by atoms with Gasteiger partial charge in [0.2, 0.25) is 10.0 Å². The van der Waals surface area contributed by atoms with Crippen LogP contribution in [-0.2, 0) is 16.6 Å². The molecule has 1 aromatic carbocycles. The van der Waals surface area contributed by atoms with Crippen molar-refractivity contribution in [2.45, 2.75) is 25.3 Å². The summed E-state index contributed by atoms with van der Waals surface area (Å²) in [4.78, 5) is 2.22. The molecule has 8 heteroatoms. The van der Waals surface area contributed by atoms with Crippen LogP contribution in [0.4, 0.5) is 0 Å². The van der Waals surface area contributed by atoms with Crippen LogP contribution in [0.2, 0.25) is 0 Å². The van der Waals surface area contributed by atoms with Crippen LogP contribution >= 0.6 is 23.1 Å². The maximum atomic E-state index is 12.7. The molecule has 0 fully saturated rings. The summed E-state index contributed by atoms with van der Waals surface area (Å²) < 4.78 is 35.1. The predicted molar refractivity (Wildman–Crippen MR) is 89.9 cm³/mol. The highest BCUT2D eigenvalue weighted by atomic mass is 32.2. The number of nitrogens with zero attached hydrogens (tertiary/aromatic N) is 3. The average Bonchev–Trinajstić information content (AvgIpc) is 3.04. The normalized spacial score (nSPS) is 12.4. The topological polar surface area (TPSA) is 63.2 Å². The van der Waals surface area contributed by atoms with Gasteiger partial charge < -0.3 is 0 Å². The van der Waals surface area contributed by atoms with Crippen molar-refractivity contribution in [2.24, 2.45) is 0 Å². The Hall–Kier alpha value is -1.35. The summed E-state index contributed by atoms with van der Waals surface area (Å²) >= 11 is 2.66. The van der Waals surface area contributed by atoms with Crippen molar-refractivity contribution < 1.29 is 8.42 Å². The Kier molecular flexibility index (Phi) is 4.02. The number of aromatic nitrogens is 2. The SMILES string of the molecule is Cc1cc(S(=O)(=O)N(C)Cc2ccc3nsnc3c2)c(C)s1. The van der Waals surface area contributed by atoms with Gasteiger partial charge in [0.15, 0.2) is 0 Å². The van der Waals surface area contributed by atoms with Gasteiger partial charge in [-0.15, -0.1) is 11.3 Å². The zero-order valence-electron chi connectivity index (χ0n) is 12.4. The monoisotopic (exact) mass is 353 g/mol. The zero-order chi connectivity index (χ0) is 15.9. The molecular formula is C14H15N3O2S3. The van der Waals surface area contributed by atoms with Crippen LogP contribution in [0.15, 0.2) is 29.2 Å². The van der Waals surface area contributed by atoms with Gasteiger partial charge in [0.1, 0.15) is 11.0 Å². The van der Waals surface area contributed by atoms with Gasteiger partial charge in [0, 0.05) is 23.3 Å². The Bertz CT molecular complexity index is 928. The molecule has 0 aliphatic heterocycles. The first kappa shape index (κ1) is 15.5. The van der Waals surface area contributed by atoms with Crippen LogP contribution in [0.5, 0.6) is 0 Å². The quantitative estimate of drug-likeness (QED) is 0.722. The summed E-state index contributed by atoms with van der Waals surface area (Å²) in [6, 6.07) is 7.38. The van der Waals surface area contributed by atoms with E-state index in [9.17, 15) is 8.42 Å². The van der Waals surface area contributed by atoms with Gasteiger partial charge in [0.05, 0.1) is 16.6 Å². The lowest BCUT2D eigenvalue weighted by molar-refractivity contribution is 0.467. The molecule has 0 bridgehead atoms. The molecule has 0 saturated carbocycles. The highest BCUT2D eigenvalue weighted by Gasteiger charge is 2.24. The molecule has 2 aromatic heterocycles. The predicted octanol–water partition coefficient (Wildman–Crippen LogP) is 3.19. The maximum Gasteiger partial charge on any atom is 0.244 e. The highest BCUT2D eigenvalue weighted by molar-refractivity contribution is 7.89. The fourth-order valence-electron chi connectivity index (χ4n) is 2.30. The zero-order valence-corrected chi connectivity index (χ0v) is 14.8. The lowest BCUT2D eigenvalue weighted by Gasteiger charge is -2.17. The van der Waals surface area contributed by atoms with E-state index in [1.54, 1.807) is 13.1 Å². The fourth-order valence-corrected chi connectivity index (χ4v) is 5.50. The van der Waals surface area contributed by atoms with Gasteiger partial charge in [-0.3, -0.25) is 0 Å². The van der Waals surface area contributed by atoms with Gasteiger partial charge in [-0.2, -0.15) is 13.1 Å². The molecule has 2 heterocycles. The lowest BCUT2D eigenvalue weighted by atomic mass is 10.2. The Morgan fingerprint density at radius 3 is 2.55 bits per heavy atom. The van der Waals surface area contributed by atoms with E-state index in [-0.39, 0.29) is 0 Å². The van der Waals surface area contributed by atoms with Crippen molar-refractivity contribution >= 4 is 44.1 Å². The van der Waals surface area contributed by atoms with Gasteiger partial charge in [-0.1, -0.05) is 6.07 Å². The fraction of sp³-hybridized carbons (Fsp3) is 0.286. The van der Waals surface area contributed by atoms with Crippen LogP contribution < -0.4 is 0 Å². The summed E-state index contributed by atoms with van der Waals surface area (Å²) in [5.74, 6) is 0. The molecular weight excluding hydrogens is 338 g/mol. The molecule has 0 amide bonds. The number of sulfonamides is 1. The van der Waals surface area contributed by atoms with E-state index in [0.29, 0.717) is 11.4 Å². The Morgan fingerprint density at radius 1 is 1.14 bits per heavy atom. The number of rotatable bonds is 4. The van der Waals surface area contributed by atoms with Gasteiger partial charge in [-0.05, 0) is 37.6 Å². The van der Waals surface area contributed by atoms with Crippen LogP contribution in [-0.4, -0.2) is 28.5 Å². The highest BCUT2D eigenvalue weighted by Crippen LogP contribution is 2.28. The molecule has 0 atom stereocenters. The minimum Gasteiger partial charge on any atom is -0.207 e. The van der Waals surface area contributed by atoms with Crippen LogP contribution in [0.25, 0.3) is 11.0 Å². The third kappa shape index (κ3) is 2.79. The van der Waals surface area contributed by atoms with E-state index in [2.05, 4.69) is 8.75 Å². The summed E-state index contributed by atoms with van der Waals surface area (Å²) in [6.45, 7) is 4.06. The number of benzene rings is 1. The Balaban J connectivity index is 1.89. The van der Waals surface area contributed by atoms with Crippen molar-refractivity contribution in [1.29, 1.82) is 0 Å². The molecule has 0 saturated heterocycles. The molecule has 0 N–H and O–H groups in total. The number of thiophene rings is 1. The van der Waals surface area contributed by atoms with Crippen molar-refractivity contribution in [2.75, 3.05) is 7.05 Å². The minimum atomic E-state index is -3.48. The molecule has 0 aliphatic carbocycles. The number of aryl methyl sites for hydroxylation is 2. The van der Waals surface area contributed by atoms with E-state index < -0.39 is 10.0 Å². The molecule has 5 nitrogen and oxygen atoms in total. The number of hydrogen-bond acceptors (Lipinski definition) is 6. The van der Waals surface area contributed by atoms with Crippen LogP contribution in [0, 0.1) is 13.8 Å². The van der Waals surface area contributed by atoms with E-state index in [1.165, 1.54) is 15.6 Å².